The number of carboxylic acid groups (broad SMARTS) is 1. The van der Waals surface area contributed by atoms with Gasteiger partial charge < -0.3 is 15.2 Å². The SMILES string of the molecule is COc1cc(C(=O)O)cnc1N[C@@H](C)c1cc2c(=O)n(C)c(C)nc2cc1C(F)(F)F. The highest BCUT2D eigenvalue weighted by atomic mass is 19.4. The number of rotatable bonds is 5. The van der Waals surface area contributed by atoms with Crippen molar-refractivity contribution in [1.82, 2.24) is 14.5 Å². The fourth-order valence-electron chi connectivity index (χ4n) is 3.16. The van der Waals surface area contributed by atoms with Crippen LogP contribution >= 0.6 is 0 Å². The van der Waals surface area contributed by atoms with Crippen molar-refractivity contribution < 1.29 is 27.8 Å². The van der Waals surface area contributed by atoms with Gasteiger partial charge in [0.2, 0.25) is 0 Å². The average molecular weight is 436 g/mol. The van der Waals surface area contributed by atoms with E-state index in [0.717, 1.165) is 12.3 Å². The third-order valence-corrected chi connectivity index (χ3v) is 4.92. The Labute approximate surface area is 174 Å². The highest BCUT2D eigenvalue weighted by molar-refractivity contribution is 5.88. The number of nitrogens with zero attached hydrogens (tertiary/aromatic N) is 3. The van der Waals surface area contributed by atoms with Crippen molar-refractivity contribution in [2.45, 2.75) is 26.1 Å². The molecular formula is C20H19F3N4O4. The molecule has 1 atom stereocenters. The van der Waals surface area contributed by atoms with Crippen molar-refractivity contribution in [3.8, 4) is 5.75 Å². The number of hydrogen-bond donors (Lipinski definition) is 2. The van der Waals surface area contributed by atoms with Gasteiger partial charge in [0, 0.05) is 19.3 Å². The summed E-state index contributed by atoms with van der Waals surface area (Å²) in [5, 5.41) is 11.9. The molecule has 0 spiro atoms. The van der Waals surface area contributed by atoms with Crippen molar-refractivity contribution in [2.75, 3.05) is 12.4 Å². The maximum atomic E-state index is 13.8. The summed E-state index contributed by atoms with van der Waals surface area (Å²) in [5.74, 6) is -0.826. The second-order valence-electron chi connectivity index (χ2n) is 6.92. The quantitative estimate of drug-likeness (QED) is 0.630. The van der Waals surface area contributed by atoms with Crippen LogP contribution in [0.5, 0.6) is 5.75 Å². The van der Waals surface area contributed by atoms with E-state index in [1.807, 2.05) is 0 Å². The molecule has 0 aliphatic heterocycles. The first-order valence-electron chi connectivity index (χ1n) is 9.06. The van der Waals surface area contributed by atoms with Gasteiger partial charge in [0.25, 0.3) is 5.56 Å². The number of nitrogens with one attached hydrogen (secondary N) is 1. The number of benzene rings is 1. The summed E-state index contributed by atoms with van der Waals surface area (Å²) in [6.45, 7) is 3.00. The Morgan fingerprint density at radius 3 is 2.55 bits per heavy atom. The molecule has 3 rings (SSSR count). The van der Waals surface area contributed by atoms with Gasteiger partial charge in [-0.15, -0.1) is 0 Å². The number of ether oxygens (including phenoxy) is 1. The Morgan fingerprint density at radius 1 is 1.29 bits per heavy atom. The average Bonchev–Trinajstić information content (AvgIpc) is 2.70. The van der Waals surface area contributed by atoms with E-state index in [4.69, 9.17) is 9.84 Å². The van der Waals surface area contributed by atoms with Gasteiger partial charge in [0.05, 0.1) is 35.2 Å². The number of aryl methyl sites for hydroxylation is 1. The summed E-state index contributed by atoms with van der Waals surface area (Å²) >= 11 is 0. The third kappa shape index (κ3) is 4.16. The molecule has 0 aliphatic rings. The third-order valence-electron chi connectivity index (χ3n) is 4.92. The van der Waals surface area contributed by atoms with E-state index in [9.17, 15) is 22.8 Å². The highest BCUT2D eigenvalue weighted by Gasteiger charge is 2.35. The first-order valence-corrected chi connectivity index (χ1v) is 9.06. The molecule has 2 N–H and O–H groups in total. The van der Waals surface area contributed by atoms with E-state index in [1.54, 1.807) is 0 Å². The van der Waals surface area contributed by atoms with Crippen LogP contribution in [0.2, 0.25) is 0 Å². The molecule has 0 unspecified atom stereocenters. The number of anilines is 1. The molecule has 3 aromatic rings. The summed E-state index contributed by atoms with van der Waals surface area (Å²) in [7, 11) is 2.77. The van der Waals surface area contributed by atoms with Crippen LogP contribution in [0.25, 0.3) is 10.9 Å². The molecule has 0 saturated carbocycles. The molecule has 11 heteroatoms. The van der Waals surface area contributed by atoms with E-state index in [-0.39, 0.29) is 39.4 Å². The Morgan fingerprint density at radius 2 is 1.97 bits per heavy atom. The lowest BCUT2D eigenvalue weighted by molar-refractivity contribution is -0.138. The molecule has 0 saturated heterocycles. The second-order valence-corrected chi connectivity index (χ2v) is 6.92. The number of methoxy groups -OCH3 is 1. The van der Waals surface area contributed by atoms with E-state index < -0.39 is 29.3 Å². The molecule has 2 aromatic heterocycles. The number of halogens is 3. The molecule has 31 heavy (non-hydrogen) atoms. The van der Waals surface area contributed by atoms with E-state index >= 15 is 0 Å². The van der Waals surface area contributed by atoms with Gasteiger partial charge in [0.15, 0.2) is 11.6 Å². The van der Waals surface area contributed by atoms with Gasteiger partial charge in [-0.05, 0) is 31.5 Å². The fraction of sp³-hybridized carbons (Fsp3) is 0.300. The lowest BCUT2D eigenvalue weighted by Crippen LogP contribution is -2.23. The van der Waals surface area contributed by atoms with Crippen molar-refractivity contribution in [2.24, 2.45) is 7.05 Å². The number of aromatic carboxylic acids is 1. The summed E-state index contributed by atoms with van der Waals surface area (Å²) in [5.41, 5.74) is -1.78. The zero-order valence-corrected chi connectivity index (χ0v) is 17.0. The van der Waals surface area contributed by atoms with E-state index in [1.165, 1.54) is 44.7 Å². The minimum atomic E-state index is -4.69. The van der Waals surface area contributed by atoms with Crippen LogP contribution in [0.4, 0.5) is 19.0 Å². The van der Waals surface area contributed by atoms with Crippen LogP contribution in [-0.4, -0.2) is 32.7 Å². The number of pyridine rings is 1. The van der Waals surface area contributed by atoms with Crippen LogP contribution in [0.15, 0.2) is 29.2 Å². The summed E-state index contributed by atoms with van der Waals surface area (Å²) in [6, 6.07) is 2.28. The number of carbonyl (C=O) groups is 1. The molecule has 0 bridgehead atoms. The molecular weight excluding hydrogens is 417 g/mol. The van der Waals surface area contributed by atoms with Crippen LogP contribution in [-0.2, 0) is 13.2 Å². The van der Waals surface area contributed by atoms with E-state index in [2.05, 4.69) is 15.3 Å². The Bertz CT molecular complexity index is 1240. The van der Waals surface area contributed by atoms with Gasteiger partial charge in [-0.3, -0.25) is 9.36 Å². The number of carboxylic acids is 1. The van der Waals surface area contributed by atoms with Crippen molar-refractivity contribution in [3.05, 3.63) is 57.3 Å². The molecule has 8 nitrogen and oxygen atoms in total. The molecule has 164 valence electrons. The summed E-state index contributed by atoms with van der Waals surface area (Å²) in [4.78, 5) is 31.7. The molecule has 1 aromatic carbocycles. The number of aromatic nitrogens is 3. The lowest BCUT2D eigenvalue weighted by atomic mass is 9.98. The van der Waals surface area contributed by atoms with Crippen molar-refractivity contribution in [3.63, 3.8) is 0 Å². The summed E-state index contributed by atoms with van der Waals surface area (Å²) in [6.07, 6.45) is -3.63. The van der Waals surface area contributed by atoms with Crippen LogP contribution in [0, 0.1) is 6.92 Å². The minimum Gasteiger partial charge on any atom is -0.493 e. The van der Waals surface area contributed by atoms with Gasteiger partial charge in [-0.1, -0.05) is 0 Å². The highest BCUT2D eigenvalue weighted by Crippen LogP contribution is 2.38. The lowest BCUT2D eigenvalue weighted by Gasteiger charge is -2.22. The van der Waals surface area contributed by atoms with Crippen LogP contribution in [0.3, 0.4) is 0 Å². The van der Waals surface area contributed by atoms with Crippen LogP contribution in [0.1, 0.15) is 40.3 Å². The maximum Gasteiger partial charge on any atom is 0.416 e. The molecule has 0 amide bonds. The first kappa shape index (κ1) is 22.1. The Hall–Kier alpha value is -3.63. The minimum absolute atomic E-state index is 0.0471. The molecule has 2 heterocycles. The maximum absolute atomic E-state index is 13.8. The predicted octanol–water partition coefficient (Wildman–Crippen LogP) is 3.54. The Kier molecular flexibility index (Phi) is 5.62. The predicted molar refractivity (Wildman–Crippen MR) is 107 cm³/mol. The van der Waals surface area contributed by atoms with Gasteiger partial charge in [-0.25, -0.2) is 14.8 Å². The number of hydrogen-bond acceptors (Lipinski definition) is 6. The number of fused-ring (bicyclic) bond motifs is 1. The van der Waals surface area contributed by atoms with Gasteiger partial charge >= 0.3 is 12.1 Å². The van der Waals surface area contributed by atoms with Gasteiger partial charge in [-0.2, -0.15) is 13.2 Å². The number of alkyl halides is 3. The summed E-state index contributed by atoms with van der Waals surface area (Å²) < 4.78 is 47.8. The fourth-order valence-corrected chi connectivity index (χ4v) is 3.16. The van der Waals surface area contributed by atoms with Crippen molar-refractivity contribution in [1.29, 1.82) is 0 Å². The molecule has 0 aliphatic carbocycles. The van der Waals surface area contributed by atoms with Crippen molar-refractivity contribution >= 4 is 22.7 Å². The zero-order valence-electron chi connectivity index (χ0n) is 17.0. The normalized spacial score (nSPS) is 12.6. The monoisotopic (exact) mass is 436 g/mol. The van der Waals surface area contributed by atoms with Gasteiger partial charge in [0.1, 0.15) is 5.82 Å². The van der Waals surface area contributed by atoms with E-state index in [0.29, 0.717) is 0 Å². The molecule has 0 radical (unpaired) electrons. The topological polar surface area (TPSA) is 106 Å². The largest absolute Gasteiger partial charge is 0.493 e. The molecule has 0 fully saturated rings. The first-order chi connectivity index (χ1) is 14.4. The smallest absolute Gasteiger partial charge is 0.416 e. The zero-order chi connectivity index (χ0) is 23.1. The van der Waals surface area contributed by atoms with Crippen LogP contribution < -0.4 is 15.6 Å². The Balaban J connectivity index is 2.15. The standard InChI is InChI=1S/C20H19F3N4O4/c1-9(25-17-16(31-4)5-11(8-24-17)19(29)30)12-6-13-15(7-14(12)20(21,22)23)26-10(2)27(3)18(13)28/h5-9H,1-4H3,(H,24,25)(H,29,30)/t9-/m0/s1. The second kappa shape index (κ2) is 7.89.